The van der Waals surface area contributed by atoms with Gasteiger partial charge in [0, 0.05) is 18.2 Å². The molecule has 0 aromatic heterocycles. The van der Waals surface area contributed by atoms with Crippen LogP contribution in [0.2, 0.25) is 0 Å². The van der Waals surface area contributed by atoms with Crippen LogP contribution in [0, 0.1) is 5.92 Å². The van der Waals surface area contributed by atoms with Crippen molar-refractivity contribution in [3.8, 4) is 0 Å². The van der Waals surface area contributed by atoms with Crippen molar-refractivity contribution in [3.63, 3.8) is 0 Å². The second-order valence-electron chi connectivity index (χ2n) is 7.61. The number of ether oxygens (including phenoxy) is 1. The first-order valence-electron chi connectivity index (χ1n) is 9.80. The van der Waals surface area contributed by atoms with Gasteiger partial charge in [0.15, 0.2) is 6.10 Å². The molecule has 0 spiro atoms. The molecule has 156 valence electrons. The second kappa shape index (κ2) is 10.0. The van der Waals surface area contributed by atoms with Crippen LogP contribution in [0.1, 0.15) is 59.3 Å². The summed E-state index contributed by atoms with van der Waals surface area (Å²) in [6.07, 6.45) is 5.02. The first-order valence-corrected chi connectivity index (χ1v) is 11.3. The lowest BCUT2D eigenvalue weighted by Gasteiger charge is -2.15. The number of anilines is 1. The minimum atomic E-state index is -3.58. The lowest BCUT2D eigenvalue weighted by atomic mass is 10.0. The molecule has 1 atom stereocenters. The molecule has 1 aromatic carbocycles. The Morgan fingerprint density at radius 3 is 2.29 bits per heavy atom. The van der Waals surface area contributed by atoms with Gasteiger partial charge in [0.1, 0.15) is 0 Å². The van der Waals surface area contributed by atoms with Crippen molar-refractivity contribution < 1.29 is 22.7 Å². The summed E-state index contributed by atoms with van der Waals surface area (Å²) in [6.45, 7) is 5.00. The van der Waals surface area contributed by atoms with Crippen molar-refractivity contribution in [3.05, 3.63) is 24.3 Å². The van der Waals surface area contributed by atoms with E-state index in [-0.39, 0.29) is 16.9 Å². The molecule has 1 aromatic rings. The Balaban J connectivity index is 1.83. The Morgan fingerprint density at radius 1 is 1.11 bits per heavy atom. The first kappa shape index (κ1) is 22.4. The van der Waals surface area contributed by atoms with Gasteiger partial charge in [-0.2, -0.15) is 0 Å². The number of hydrogen-bond donors (Lipinski definition) is 2. The molecule has 0 radical (unpaired) electrons. The van der Waals surface area contributed by atoms with Crippen LogP contribution < -0.4 is 10.0 Å². The van der Waals surface area contributed by atoms with E-state index in [2.05, 4.69) is 10.0 Å². The zero-order chi connectivity index (χ0) is 20.7. The van der Waals surface area contributed by atoms with Gasteiger partial charge in [0.25, 0.3) is 5.91 Å². The summed E-state index contributed by atoms with van der Waals surface area (Å²) in [5.41, 5.74) is 0.433. The highest BCUT2D eigenvalue weighted by molar-refractivity contribution is 7.89. The summed E-state index contributed by atoms with van der Waals surface area (Å²) >= 11 is 0. The van der Waals surface area contributed by atoms with Crippen LogP contribution >= 0.6 is 0 Å². The lowest BCUT2D eigenvalue weighted by molar-refractivity contribution is -0.153. The van der Waals surface area contributed by atoms with Crippen molar-refractivity contribution in [1.82, 2.24) is 4.72 Å². The number of carbonyl (C=O) groups excluding carboxylic acids is 2. The number of nitrogens with one attached hydrogen (secondary N) is 2. The Bertz CT molecular complexity index is 768. The smallest absolute Gasteiger partial charge is 0.306 e. The van der Waals surface area contributed by atoms with E-state index in [9.17, 15) is 18.0 Å². The van der Waals surface area contributed by atoms with Gasteiger partial charge in [0.2, 0.25) is 10.0 Å². The van der Waals surface area contributed by atoms with Crippen LogP contribution in [0.25, 0.3) is 0 Å². The van der Waals surface area contributed by atoms with Crippen LogP contribution in [-0.4, -0.2) is 32.4 Å². The van der Waals surface area contributed by atoms with Crippen LogP contribution in [0.15, 0.2) is 29.2 Å². The molecule has 1 saturated carbocycles. The van der Waals surface area contributed by atoms with Gasteiger partial charge in [-0.15, -0.1) is 0 Å². The molecule has 28 heavy (non-hydrogen) atoms. The predicted molar refractivity (Wildman–Crippen MR) is 107 cm³/mol. The molecule has 2 rings (SSSR count). The molecular formula is C20H30N2O5S. The largest absolute Gasteiger partial charge is 0.453 e. The lowest BCUT2D eigenvalue weighted by Crippen LogP contribution is -2.30. The normalized spacial score (nSPS) is 16.1. The summed E-state index contributed by atoms with van der Waals surface area (Å²) in [6, 6.07) is 5.62. The van der Waals surface area contributed by atoms with Gasteiger partial charge in [-0.25, -0.2) is 13.1 Å². The van der Waals surface area contributed by atoms with E-state index in [0.717, 1.165) is 6.42 Å². The van der Waals surface area contributed by atoms with Crippen LogP contribution in [-0.2, 0) is 24.3 Å². The summed E-state index contributed by atoms with van der Waals surface area (Å²) < 4.78 is 31.9. The van der Waals surface area contributed by atoms with Crippen molar-refractivity contribution >= 4 is 27.6 Å². The summed E-state index contributed by atoms with van der Waals surface area (Å²) in [5.74, 6) is -0.224. The molecule has 0 bridgehead atoms. The minimum absolute atomic E-state index is 0.116. The molecule has 7 nitrogen and oxygen atoms in total. The third kappa shape index (κ3) is 6.91. The van der Waals surface area contributed by atoms with Crippen molar-refractivity contribution in [2.75, 3.05) is 5.32 Å². The van der Waals surface area contributed by atoms with E-state index in [1.54, 1.807) is 13.8 Å². The zero-order valence-electron chi connectivity index (χ0n) is 16.7. The van der Waals surface area contributed by atoms with Gasteiger partial charge < -0.3 is 10.1 Å². The maximum Gasteiger partial charge on any atom is 0.306 e. The van der Waals surface area contributed by atoms with Crippen LogP contribution in [0.5, 0.6) is 0 Å². The van der Waals surface area contributed by atoms with Crippen molar-refractivity contribution in [2.24, 2.45) is 5.92 Å². The van der Waals surface area contributed by atoms with Gasteiger partial charge in [-0.05, 0) is 57.4 Å². The number of rotatable bonds is 9. The van der Waals surface area contributed by atoms with E-state index >= 15 is 0 Å². The number of carbonyl (C=O) groups is 2. The third-order valence-electron chi connectivity index (χ3n) is 4.73. The molecule has 1 aliphatic rings. The number of sulfonamides is 1. The van der Waals surface area contributed by atoms with E-state index in [1.807, 2.05) is 0 Å². The molecule has 0 aliphatic heterocycles. The predicted octanol–water partition coefficient (Wildman–Crippen LogP) is 3.21. The summed E-state index contributed by atoms with van der Waals surface area (Å²) in [5, 5.41) is 2.63. The Hall–Kier alpha value is -1.93. The molecule has 1 fully saturated rings. The van der Waals surface area contributed by atoms with Crippen molar-refractivity contribution in [1.29, 1.82) is 0 Å². The quantitative estimate of drug-likeness (QED) is 0.609. The van der Waals surface area contributed by atoms with Gasteiger partial charge in [-0.1, -0.05) is 25.7 Å². The zero-order valence-corrected chi connectivity index (χ0v) is 17.6. The first-order chi connectivity index (χ1) is 13.2. The maximum absolute atomic E-state index is 12.2. The van der Waals surface area contributed by atoms with E-state index in [1.165, 1.54) is 56.9 Å². The molecule has 2 N–H and O–H groups in total. The number of benzene rings is 1. The fourth-order valence-electron chi connectivity index (χ4n) is 3.27. The standard InChI is InChI=1S/C20H30N2O5S/c1-14(2)22-28(25,26)18-11-9-17(10-12-18)21-20(24)15(3)27-19(23)13-8-16-6-4-5-7-16/h9-12,14-16,22H,4-8,13H2,1-3H3,(H,21,24)/t15-/m0/s1. The summed E-state index contributed by atoms with van der Waals surface area (Å²) in [7, 11) is -3.58. The van der Waals surface area contributed by atoms with E-state index in [0.29, 0.717) is 18.0 Å². The molecule has 0 saturated heterocycles. The minimum Gasteiger partial charge on any atom is -0.453 e. The SMILES string of the molecule is CC(C)NS(=O)(=O)c1ccc(NC(=O)[C@H](C)OC(=O)CCC2CCCC2)cc1. The Morgan fingerprint density at radius 2 is 1.71 bits per heavy atom. The monoisotopic (exact) mass is 410 g/mol. The fraction of sp³-hybridized carbons (Fsp3) is 0.600. The average Bonchev–Trinajstić information content (AvgIpc) is 3.13. The fourth-order valence-corrected chi connectivity index (χ4v) is 4.52. The number of esters is 1. The van der Waals surface area contributed by atoms with E-state index < -0.39 is 22.0 Å². The molecule has 1 aliphatic carbocycles. The van der Waals surface area contributed by atoms with Crippen LogP contribution in [0.4, 0.5) is 5.69 Å². The Labute approximate surface area is 167 Å². The number of hydrogen-bond acceptors (Lipinski definition) is 5. The molecule has 1 amide bonds. The van der Waals surface area contributed by atoms with E-state index in [4.69, 9.17) is 4.74 Å². The number of amides is 1. The third-order valence-corrected chi connectivity index (χ3v) is 6.41. The maximum atomic E-state index is 12.2. The average molecular weight is 411 g/mol. The topological polar surface area (TPSA) is 102 Å². The Kier molecular flexibility index (Phi) is 8.00. The van der Waals surface area contributed by atoms with Gasteiger partial charge >= 0.3 is 5.97 Å². The highest BCUT2D eigenvalue weighted by atomic mass is 32.2. The van der Waals surface area contributed by atoms with Gasteiger partial charge in [-0.3, -0.25) is 9.59 Å². The highest BCUT2D eigenvalue weighted by Gasteiger charge is 2.21. The molecule has 0 heterocycles. The van der Waals surface area contributed by atoms with Gasteiger partial charge in [0.05, 0.1) is 4.90 Å². The second-order valence-corrected chi connectivity index (χ2v) is 9.32. The summed E-state index contributed by atoms with van der Waals surface area (Å²) in [4.78, 5) is 24.3. The van der Waals surface area contributed by atoms with Crippen molar-refractivity contribution in [2.45, 2.75) is 76.3 Å². The molecular weight excluding hydrogens is 380 g/mol. The molecule has 0 unspecified atom stereocenters. The molecule has 8 heteroatoms. The highest BCUT2D eigenvalue weighted by Crippen LogP contribution is 2.28. The van der Waals surface area contributed by atoms with Crippen LogP contribution in [0.3, 0.4) is 0 Å².